The number of benzene rings is 1. The van der Waals surface area contributed by atoms with Crippen molar-refractivity contribution in [2.45, 2.75) is 6.92 Å². The van der Waals surface area contributed by atoms with E-state index in [0.29, 0.717) is 16.4 Å². The van der Waals surface area contributed by atoms with Crippen LogP contribution in [0, 0.1) is 6.92 Å². The number of hydrogen-bond acceptors (Lipinski definition) is 8. The quantitative estimate of drug-likeness (QED) is 0.462. The van der Waals surface area contributed by atoms with Crippen LogP contribution < -0.4 is 34.9 Å². The van der Waals surface area contributed by atoms with E-state index >= 15 is 0 Å². The third kappa shape index (κ3) is 6.64. The molecule has 1 aromatic carbocycles. The topological polar surface area (TPSA) is 107 Å². The van der Waals surface area contributed by atoms with E-state index in [1.807, 2.05) is 13.0 Å². The molecule has 0 atom stereocenters. The van der Waals surface area contributed by atoms with Gasteiger partial charge in [0.1, 0.15) is 16.0 Å². The van der Waals surface area contributed by atoms with Crippen molar-refractivity contribution in [3.63, 3.8) is 0 Å². The predicted molar refractivity (Wildman–Crippen MR) is 75.7 cm³/mol. The minimum absolute atomic E-state index is 0. The third-order valence-electron chi connectivity index (χ3n) is 2.20. The number of nitrogens with zero attached hydrogens (tertiary/aromatic N) is 3. The van der Waals surface area contributed by atoms with Gasteiger partial charge in [-0.2, -0.15) is 4.37 Å². The molecular formula is C11H11N4NaO3S2. The molecule has 0 amide bonds. The Balaban J connectivity index is 0.00000220. The summed E-state index contributed by atoms with van der Waals surface area (Å²) in [5.41, 5.74) is 2.03. The molecule has 0 radical (unpaired) electrons. The van der Waals surface area contributed by atoms with Crippen LogP contribution in [0.15, 0.2) is 40.6 Å². The van der Waals surface area contributed by atoms with Gasteiger partial charge < -0.3 is 9.87 Å². The maximum Gasteiger partial charge on any atom is 1.00 e. The molecule has 0 fully saturated rings. The van der Waals surface area contributed by atoms with Gasteiger partial charge in [0.25, 0.3) is 0 Å². The van der Waals surface area contributed by atoms with E-state index < -0.39 is 16.0 Å². The number of rotatable bonds is 5. The zero-order valence-corrected chi connectivity index (χ0v) is 15.1. The van der Waals surface area contributed by atoms with Crippen LogP contribution >= 0.6 is 11.5 Å². The third-order valence-corrected chi connectivity index (χ3v) is 3.46. The first-order valence-corrected chi connectivity index (χ1v) is 7.90. The van der Waals surface area contributed by atoms with Crippen LogP contribution in [0.3, 0.4) is 0 Å². The van der Waals surface area contributed by atoms with E-state index in [0.717, 1.165) is 5.69 Å². The summed E-state index contributed by atoms with van der Waals surface area (Å²) in [6.07, 6.45) is 0. The molecule has 0 saturated heterocycles. The van der Waals surface area contributed by atoms with Gasteiger partial charge >= 0.3 is 29.6 Å². The summed E-state index contributed by atoms with van der Waals surface area (Å²) in [6.45, 7) is 1.88. The monoisotopic (exact) mass is 334 g/mol. The van der Waals surface area contributed by atoms with Gasteiger partial charge in [0.15, 0.2) is 5.00 Å². The molecule has 0 aliphatic carbocycles. The molecule has 0 spiro atoms. The van der Waals surface area contributed by atoms with Crippen molar-refractivity contribution in [2.24, 2.45) is 10.2 Å². The molecule has 10 heteroatoms. The van der Waals surface area contributed by atoms with Gasteiger partial charge in [0, 0.05) is 5.69 Å². The van der Waals surface area contributed by atoms with Crippen molar-refractivity contribution in [3.05, 3.63) is 36.0 Å². The molecule has 1 N–H and O–H groups in total. The average molecular weight is 334 g/mol. The maximum absolute atomic E-state index is 10.5. The Hall–Kier alpha value is -0.840. The molecule has 0 bridgehead atoms. The Morgan fingerprint density at radius 2 is 1.95 bits per heavy atom. The van der Waals surface area contributed by atoms with Gasteiger partial charge in [-0.15, -0.1) is 10.2 Å². The molecule has 1 heterocycles. The van der Waals surface area contributed by atoms with Crippen molar-refractivity contribution < 1.29 is 42.5 Å². The number of anilines is 1. The minimum atomic E-state index is -4.29. The van der Waals surface area contributed by atoms with Gasteiger partial charge in [0.2, 0.25) is 0 Å². The van der Waals surface area contributed by atoms with Gasteiger partial charge in [-0.25, -0.2) is 8.42 Å². The van der Waals surface area contributed by atoms with Crippen LogP contribution in [-0.4, -0.2) is 23.2 Å². The molecule has 21 heavy (non-hydrogen) atoms. The zero-order chi connectivity index (χ0) is 14.6. The Morgan fingerprint density at radius 3 is 2.48 bits per heavy atom. The maximum atomic E-state index is 10.5. The molecule has 0 aliphatic rings. The zero-order valence-electron chi connectivity index (χ0n) is 11.5. The number of hydrogen-bond donors (Lipinski definition) is 1. The van der Waals surface area contributed by atoms with E-state index in [1.165, 1.54) is 11.5 Å². The normalized spacial score (nSPS) is 11.3. The minimum Gasteiger partial charge on any atom is -0.747 e. The second-order valence-corrected chi connectivity index (χ2v) is 6.12. The van der Waals surface area contributed by atoms with Crippen LogP contribution in [0.2, 0.25) is 0 Å². The molecule has 106 valence electrons. The smallest absolute Gasteiger partial charge is 0.747 e. The van der Waals surface area contributed by atoms with E-state index in [2.05, 4.69) is 19.9 Å². The molecule has 1 aromatic heterocycles. The fourth-order valence-corrected chi connectivity index (χ4v) is 2.26. The molecule has 0 unspecified atom stereocenters. The molecular weight excluding hydrogens is 323 g/mol. The summed E-state index contributed by atoms with van der Waals surface area (Å²) in [4.78, 5) is 0. The molecule has 2 aromatic rings. The van der Waals surface area contributed by atoms with E-state index in [1.54, 1.807) is 24.3 Å². The molecule has 7 nitrogen and oxygen atoms in total. The van der Waals surface area contributed by atoms with Crippen molar-refractivity contribution >= 4 is 38.0 Å². The molecule has 2 rings (SSSR count). The largest absolute Gasteiger partial charge is 1.00 e. The van der Waals surface area contributed by atoms with Gasteiger partial charge in [-0.05, 0) is 48.8 Å². The van der Waals surface area contributed by atoms with Gasteiger partial charge in [0.05, 0.1) is 11.4 Å². The fraction of sp³-hybridized carbons (Fsp3) is 0.182. The standard InChI is InChI=1S/C11H12N4O3S2.Na/c1-8-6-11(19-15-8)14-13-10-4-2-9(3-5-10)12-7-20(16,17)18;/h2-6,12H,7H2,1H3,(H,16,17,18);/q;+1/p-1. The SMILES string of the molecule is Cc1cc(N=Nc2ccc(NCS(=O)(=O)[O-])cc2)sn1.[Na+]. The van der Waals surface area contributed by atoms with Gasteiger partial charge in [-0.3, -0.25) is 0 Å². The Morgan fingerprint density at radius 1 is 1.29 bits per heavy atom. The second-order valence-electron chi connectivity index (χ2n) is 3.93. The Kier molecular flexibility index (Phi) is 6.91. The van der Waals surface area contributed by atoms with Crippen molar-refractivity contribution in [2.75, 3.05) is 11.2 Å². The van der Waals surface area contributed by atoms with E-state index in [-0.39, 0.29) is 29.6 Å². The van der Waals surface area contributed by atoms with Crippen molar-refractivity contribution in [1.82, 2.24) is 4.37 Å². The second kappa shape index (κ2) is 7.97. The first kappa shape index (κ1) is 18.2. The summed E-state index contributed by atoms with van der Waals surface area (Å²) in [7, 11) is -4.29. The average Bonchev–Trinajstić information content (AvgIpc) is 2.80. The summed E-state index contributed by atoms with van der Waals surface area (Å²) < 4.78 is 35.5. The van der Waals surface area contributed by atoms with Crippen molar-refractivity contribution in [1.29, 1.82) is 0 Å². The number of nitrogens with one attached hydrogen (secondary N) is 1. The molecule has 0 saturated carbocycles. The Bertz CT molecular complexity index is 713. The Labute approximate surface area is 148 Å². The summed E-state index contributed by atoms with van der Waals surface area (Å²) in [5.74, 6) is -0.645. The van der Waals surface area contributed by atoms with Crippen LogP contribution in [0.1, 0.15) is 5.69 Å². The molecule has 0 aliphatic heterocycles. The van der Waals surface area contributed by atoms with E-state index in [9.17, 15) is 13.0 Å². The van der Waals surface area contributed by atoms with Crippen LogP contribution in [0.25, 0.3) is 0 Å². The first-order valence-electron chi connectivity index (χ1n) is 5.55. The van der Waals surface area contributed by atoms with Crippen LogP contribution in [0.4, 0.5) is 16.4 Å². The summed E-state index contributed by atoms with van der Waals surface area (Å²) >= 11 is 1.26. The number of azo groups is 1. The van der Waals surface area contributed by atoms with Gasteiger partial charge in [-0.1, -0.05) is 0 Å². The summed E-state index contributed by atoms with van der Waals surface area (Å²) in [6, 6.07) is 8.40. The first-order chi connectivity index (χ1) is 9.42. The van der Waals surface area contributed by atoms with E-state index in [4.69, 9.17) is 0 Å². The fourth-order valence-electron chi connectivity index (χ4n) is 1.32. The summed E-state index contributed by atoms with van der Waals surface area (Å²) in [5, 5.41) is 11.3. The predicted octanol–water partition coefficient (Wildman–Crippen LogP) is -0.214. The number of aryl methyl sites for hydroxylation is 1. The number of aromatic nitrogens is 1. The van der Waals surface area contributed by atoms with Crippen LogP contribution in [0.5, 0.6) is 0 Å². The van der Waals surface area contributed by atoms with Crippen molar-refractivity contribution in [3.8, 4) is 0 Å². The van der Waals surface area contributed by atoms with Crippen LogP contribution in [-0.2, 0) is 10.1 Å².